The van der Waals surface area contributed by atoms with Crippen LogP contribution in [0.5, 0.6) is 0 Å². The normalized spacial score (nSPS) is 11.6. The predicted molar refractivity (Wildman–Crippen MR) is 102 cm³/mol. The molecule has 0 aliphatic carbocycles. The van der Waals surface area contributed by atoms with Crippen LogP contribution in [0.25, 0.3) is 15.9 Å². The van der Waals surface area contributed by atoms with Gasteiger partial charge in [0.05, 0.1) is 11.4 Å². The van der Waals surface area contributed by atoms with Crippen LogP contribution in [0.2, 0.25) is 0 Å². The molecule has 1 N–H and O–H groups in total. The van der Waals surface area contributed by atoms with Crippen LogP contribution in [0.3, 0.4) is 0 Å². The Bertz CT molecular complexity index is 1000. The Morgan fingerprint density at radius 2 is 1.93 bits per heavy atom. The average Bonchev–Trinajstić information content (AvgIpc) is 3.13. The summed E-state index contributed by atoms with van der Waals surface area (Å²) >= 11 is 1.22. The fourth-order valence-electron chi connectivity index (χ4n) is 2.56. The lowest BCUT2D eigenvalue weighted by molar-refractivity contribution is -0.125. The van der Waals surface area contributed by atoms with Crippen molar-refractivity contribution in [3.63, 3.8) is 0 Å². The number of hydrogen-bond donors (Lipinski definition) is 1. The number of halogens is 1. The molecule has 0 aliphatic heterocycles. The van der Waals surface area contributed by atoms with Gasteiger partial charge in [0.2, 0.25) is 0 Å². The van der Waals surface area contributed by atoms with Crippen LogP contribution in [-0.2, 0) is 9.53 Å². The maximum Gasteiger partial charge on any atom is 0.348 e. The molecular formula is C19H20FN3O3S. The Kier molecular flexibility index (Phi) is 5.01. The monoisotopic (exact) mass is 389 g/mol. The number of fused-ring (bicyclic) bond motifs is 1. The van der Waals surface area contributed by atoms with E-state index in [-0.39, 0.29) is 18.3 Å². The zero-order chi connectivity index (χ0) is 19.8. The fraction of sp³-hybridized carbons (Fsp3) is 0.316. The largest absolute Gasteiger partial charge is 0.451 e. The molecule has 1 aromatic carbocycles. The molecule has 2 heterocycles. The third-order valence-electron chi connectivity index (χ3n) is 3.67. The van der Waals surface area contributed by atoms with Gasteiger partial charge in [-0.25, -0.2) is 13.9 Å². The van der Waals surface area contributed by atoms with E-state index < -0.39 is 11.5 Å². The Morgan fingerprint density at radius 1 is 1.26 bits per heavy atom. The van der Waals surface area contributed by atoms with E-state index in [1.165, 1.54) is 23.5 Å². The summed E-state index contributed by atoms with van der Waals surface area (Å²) in [5, 5.41) is 8.00. The second kappa shape index (κ2) is 7.11. The van der Waals surface area contributed by atoms with Gasteiger partial charge in [0.25, 0.3) is 5.91 Å². The molecule has 0 aliphatic rings. The second-order valence-electron chi connectivity index (χ2n) is 7.18. The van der Waals surface area contributed by atoms with E-state index in [0.29, 0.717) is 10.6 Å². The van der Waals surface area contributed by atoms with Crippen LogP contribution in [0.15, 0.2) is 30.3 Å². The van der Waals surface area contributed by atoms with Crippen LogP contribution in [0.1, 0.15) is 36.1 Å². The number of benzene rings is 1. The van der Waals surface area contributed by atoms with Crippen molar-refractivity contribution >= 4 is 33.4 Å². The molecule has 3 rings (SSSR count). The Morgan fingerprint density at radius 3 is 2.56 bits per heavy atom. The lowest BCUT2D eigenvalue weighted by atomic mass is 10.1. The van der Waals surface area contributed by atoms with Gasteiger partial charge >= 0.3 is 5.97 Å². The highest BCUT2D eigenvalue weighted by Crippen LogP contribution is 2.30. The first-order chi connectivity index (χ1) is 12.6. The number of nitrogens with zero attached hydrogens (tertiary/aromatic N) is 2. The number of aromatic nitrogens is 2. The first-order valence-electron chi connectivity index (χ1n) is 8.37. The lowest BCUT2D eigenvalue weighted by Gasteiger charge is -2.20. The predicted octanol–water partition coefficient (Wildman–Crippen LogP) is 3.61. The van der Waals surface area contributed by atoms with E-state index in [0.717, 1.165) is 15.9 Å². The standard InChI is InChI=1S/C19H20FN3O3S/c1-11-14-9-15(18(25)26-10-16(24)21-19(2,3)4)27-17(14)23(22-11)13-7-5-12(20)6-8-13/h5-9H,10H2,1-4H3,(H,21,24). The summed E-state index contributed by atoms with van der Waals surface area (Å²) in [5.41, 5.74) is 1.05. The molecule has 0 spiro atoms. The molecule has 142 valence electrons. The van der Waals surface area contributed by atoms with Crippen molar-refractivity contribution in [3.8, 4) is 5.69 Å². The molecule has 6 nitrogen and oxygen atoms in total. The summed E-state index contributed by atoms with van der Waals surface area (Å²) in [5.74, 6) is -1.25. The quantitative estimate of drug-likeness (QED) is 0.692. The summed E-state index contributed by atoms with van der Waals surface area (Å²) in [6, 6.07) is 7.65. The average molecular weight is 389 g/mol. The highest BCUT2D eigenvalue weighted by molar-refractivity contribution is 7.20. The van der Waals surface area contributed by atoms with Crippen LogP contribution in [0, 0.1) is 12.7 Å². The Labute approximate surface area is 159 Å². The third-order valence-corrected chi connectivity index (χ3v) is 4.76. The molecule has 0 bridgehead atoms. The molecule has 0 saturated carbocycles. The van der Waals surface area contributed by atoms with Crippen molar-refractivity contribution in [3.05, 3.63) is 46.7 Å². The number of esters is 1. The number of carbonyl (C=O) groups is 2. The molecular weight excluding hydrogens is 369 g/mol. The second-order valence-corrected chi connectivity index (χ2v) is 8.21. The molecule has 0 atom stereocenters. The highest BCUT2D eigenvalue weighted by atomic mass is 32.1. The molecule has 0 fully saturated rings. The van der Waals surface area contributed by atoms with Gasteiger partial charge in [-0.15, -0.1) is 11.3 Å². The number of aryl methyl sites for hydroxylation is 1. The summed E-state index contributed by atoms with van der Waals surface area (Å²) in [7, 11) is 0. The molecule has 1 amide bonds. The minimum atomic E-state index is -0.565. The summed E-state index contributed by atoms with van der Waals surface area (Å²) < 4.78 is 19.9. The van der Waals surface area contributed by atoms with Gasteiger partial charge in [-0.1, -0.05) is 0 Å². The van der Waals surface area contributed by atoms with Gasteiger partial charge in [0.15, 0.2) is 6.61 Å². The van der Waals surface area contributed by atoms with E-state index >= 15 is 0 Å². The number of thiophene rings is 1. The van der Waals surface area contributed by atoms with E-state index in [1.807, 2.05) is 27.7 Å². The number of amides is 1. The Hall–Kier alpha value is -2.74. The van der Waals surface area contributed by atoms with Crippen LogP contribution in [-0.4, -0.2) is 33.8 Å². The summed E-state index contributed by atoms with van der Waals surface area (Å²) in [6.45, 7) is 7.04. The summed E-state index contributed by atoms with van der Waals surface area (Å²) in [4.78, 5) is 25.3. The first-order valence-corrected chi connectivity index (χ1v) is 9.19. The minimum Gasteiger partial charge on any atom is -0.451 e. The van der Waals surface area contributed by atoms with Crippen molar-refractivity contribution in [1.82, 2.24) is 15.1 Å². The SMILES string of the molecule is Cc1nn(-c2ccc(F)cc2)c2sc(C(=O)OCC(=O)NC(C)(C)C)cc12. The van der Waals surface area contributed by atoms with Crippen molar-refractivity contribution < 1.29 is 18.7 Å². The minimum absolute atomic E-state index is 0.331. The van der Waals surface area contributed by atoms with Crippen LogP contribution in [0.4, 0.5) is 4.39 Å². The van der Waals surface area contributed by atoms with E-state index in [1.54, 1.807) is 22.9 Å². The van der Waals surface area contributed by atoms with Gasteiger partial charge < -0.3 is 10.1 Å². The van der Waals surface area contributed by atoms with Crippen LogP contribution >= 0.6 is 11.3 Å². The third kappa shape index (κ3) is 4.33. The number of nitrogens with one attached hydrogen (secondary N) is 1. The van der Waals surface area contributed by atoms with Gasteiger partial charge in [-0.3, -0.25) is 4.79 Å². The van der Waals surface area contributed by atoms with Crippen molar-refractivity contribution in [2.75, 3.05) is 6.61 Å². The van der Waals surface area contributed by atoms with E-state index in [9.17, 15) is 14.0 Å². The number of carbonyl (C=O) groups excluding carboxylic acids is 2. The topological polar surface area (TPSA) is 73.2 Å². The molecule has 0 unspecified atom stereocenters. The summed E-state index contributed by atoms with van der Waals surface area (Å²) in [6.07, 6.45) is 0. The first kappa shape index (κ1) is 19.0. The zero-order valence-electron chi connectivity index (χ0n) is 15.5. The van der Waals surface area contributed by atoms with Gasteiger partial charge in [-0.05, 0) is 58.0 Å². The maximum atomic E-state index is 13.2. The van der Waals surface area contributed by atoms with Crippen molar-refractivity contribution in [1.29, 1.82) is 0 Å². The van der Waals surface area contributed by atoms with Crippen molar-refractivity contribution in [2.45, 2.75) is 33.2 Å². The van der Waals surface area contributed by atoms with Gasteiger partial charge in [0.1, 0.15) is 15.5 Å². The molecule has 0 radical (unpaired) electrons. The maximum absolute atomic E-state index is 13.2. The zero-order valence-corrected chi connectivity index (χ0v) is 16.3. The number of ether oxygens (including phenoxy) is 1. The fourth-order valence-corrected chi connectivity index (χ4v) is 3.64. The number of hydrogen-bond acceptors (Lipinski definition) is 5. The van der Waals surface area contributed by atoms with Gasteiger partial charge in [0, 0.05) is 10.9 Å². The van der Waals surface area contributed by atoms with Crippen LogP contribution < -0.4 is 5.32 Å². The molecule has 3 aromatic rings. The molecule has 0 saturated heterocycles. The lowest BCUT2D eigenvalue weighted by Crippen LogP contribution is -2.42. The van der Waals surface area contributed by atoms with Crippen molar-refractivity contribution in [2.24, 2.45) is 0 Å². The molecule has 8 heteroatoms. The highest BCUT2D eigenvalue weighted by Gasteiger charge is 2.20. The Balaban J connectivity index is 1.80. The molecule has 27 heavy (non-hydrogen) atoms. The van der Waals surface area contributed by atoms with Gasteiger partial charge in [-0.2, -0.15) is 5.10 Å². The van der Waals surface area contributed by atoms with E-state index in [2.05, 4.69) is 10.4 Å². The van der Waals surface area contributed by atoms with E-state index in [4.69, 9.17) is 4.74 Å². The smallest absolute Gasteiger partial charge is 0.348 e. The number of rotatable bonds is 4. The molecule has 2 aromatic heterocycles.